The van der Waals surface area contributed by atoms with E-state index < -0.39 is 11.5 Å². The van der Waals surface area contributed by atoms with E-state index >= 15 is 0 Å². The molecule has 1 saturated carbocycles. The number of likely N-dealkylation sites (tertiary alicyclic amines) is 1. The quantitative estimate of drug-likeness (QED) is 0.823. The van der Waals surface area contributed by atoms with Gasteiger partial charge in [0, 0.05) is 13.1 Å². The lowest BCUT2D eigenvalue weighted by molar-refractivity contribution is -0.162. The van der Waals surface area contributed by atoms with E-state index in [-0.39, 0.29) is 0 Å². The Bertz CT molecular complexity index is 287. The largest absolute Gasteiger partial charge is 0.480 e. The van der Waals surface area contributed by atoms with Crippen molar-refractivity contribution in [3.05, 3.63) is 0 Å². The van der Waals surface area contributed by atoms with Crippen LogP contribution >= 0.6 is 0 Å². The van der Waals surface area contributed by atoms with Crippen LogP contribution in [0.3, 0.4) is 0 Å². The molecule has 3 nitrogen and oxygen atoms in total. The van der Waals surface area contributed by atoms with Gasteiger partial charge in [-0.2, -0.15) is 0 Å². The van der Waals surface area contributed by atoms with Crippen molar-refractivity contribution in [2.45, 2.75) is 64.3 Å². The number of carboxylic acid groups (broad SMARTS) is 1. The molecule has 17 heavy (non-hydrogen) atoms. The number of hydrogen-bond acceptors (Lipinski definition) is 2. The smallest absolute Gasteiger partial charge is 0.323 e. The highest BCUT2D eigenvalue weighted by molar-refractivity contribution is 5.78. The molecule has 1 N–H and O–H groups in total. The van der Waals surface area contributed by atoms with Gasteiger partial charge >= 0.3 is 5.97 Å². The summed E-state index contributed by atoms with van der Waals surface area (Å²) in [5, 5.41) is 9.37. The first-order valence-corrected chi connectivity index (χ1v) is 7.01. The maximum Gasteiger partial charge on any atom is 0.323 e. The normalized spacial score (nSPS) is 28.1. The first kappa shape index (κ1) is 12.9. The summed E-state index contributed by atoms with van der Waals surface area (Å²) in [7, 11) is 0. The summed E-state index contributed by atoms with van der Waals surface area (Å²) in [6, 6.07) is 0. The molecule has 0 aromatic heterocycles. The second-order valence-electron chi connectivity index (χ2n) is 6.20. The van der Waals surface area contributed by atoms with Gasteiger partial charge in [0.15, 0.2) is 0 Å². The number of aliphatic carboxylic acids is 1. The van der Waals surface area contributed by atoms with E-state index in [0.29, 0.717) is 11.8 Å². The van der Waals surface area contributed by atoms with E-state index in [1.807, 2.05) is 13.8 Å². The molecule has 2 rings (SSSR count). The molecular weight excluding hydrogens is 214 g/mol. The topological polar surface area (TPSA) is 40.5 Å². The van der Waals surface area contributed by atoms with Crippen molar-refractivity contribution in [1.82, 2.24) is 4.90 Å². The van der Waals surface area contributed by atoms with Crippen LogP contribution in [0.4, 0.5) is 0 Å². The molecule has 3 heteroatoms. The monoisotopic (exact) mass is 239 g/mol. The lowest BCUT2D eigenvalue weighted by atomic mass is 9.71. The molecule has 1 aliphatic heterocycles. The van der Waals surface area contributed by atoms with E-state index in [4.69, 9.17) is 0 Å². The van der Waals surface area contributed by atoms with E-state index in [2.05, 4.69) is 4.90 Å². The van der Waals surface area contributed by atoms with Crippen molar-refractivity contribution in [3.8, 4) is 0 Å². The highest BCUT2D eigenvalue weighted by Crippen LogP contribution is 2.46. The van der Waals surface area contributed by atoms with Gasteiger partial charge in [-0.05, 0) is 31.6 Å². The summed E-state index contributed by atoms with van der Waals surface area (Å²) in [6.07, 6.45) is 8.72. The van der Waals surface area contributed by atoms with Gasteiger partial charge in [-0.3, -0.25) is 9.69 Å². The highest BCUT2D eigenvalue weighted by Gasteiger charge is 2.51. The lowest BCUT2D eigenvalue weighted by Gasteiger charge is -2.56. The highest BCUT2D eigenvalue weighted by atomic mass is 16.4. The Balaban J connectivity index is 1.98. The average Bonchev–Trinajstić information content (AvgIpc) is 2.51. The van der Waals surface area contributed by atoms with E-state index in [0.717, 1.165) is 13.1 Å². The summed E-state index contributed by atoms with van der Waals surface area (Å²) in [5.74, 6) is -0.663. The molecule has 1 atom stereocenters. The second kappa shape index (κ2) is 4.60. The first-order chi connectivity index (χ1) is 8.02. The van der Waals surface area contributed by atoms with Crippen LogP contribution in [-0.2, 0) is 4.79 Å². The molecule has 1 aliphatic carbocycles. The van der Waals surface area contributed by atoms with Crippen LogP contribution < -0.4 is 0 Å². The van der Waals surface area contributed by atoms with E-state index in [1.165, 1.54) is 38.5 Å². The van der Waals surface area contributed by atoms with Gasteiger partial charge in [-0.25, -0.2) is 0 Å². The molecule has 1 unspecified atom stereocenters. The Morgan fingerprint density at radius 2 is 1.76 bits per heavy atom. The predicted molar refractivity (Wildman–Crippen MR) is 68.0 cm³/mol. The number of hydrogen-bond donors (Lipinski definition) is 1. The molecule has 1 saturated heterocycles. The number of nitrogens with zero attached hydrogens (tertiary/aromatic N) is 1. The van der Waals surface area contributed by atoms with Gasteiger partial charge in [0.25, 0.3) is 0 Å². The van der Waals surface area contributed by atoms with Gasteiger partial charge in [0.05, 0.1) is 0 Å². The van der Waals surface area contributed by atoms with Crippen molar-refractivity contribution < 1.29 is 9.90 Å². The minimum Gasteiger partial charge on any atom is -0.480 e. The molecule has 1 spiro atoms. The molecular formula is C14H25NO2. The Kier molecular flexibility index (Phi) is 3.48. The van der Waals surface area contributed by atoms with Gasteiger partial charge in [0.1, 0.15) is 5.54 Å². The molecule has 0 amide bonds. The predicted octanol–water partition coefficient (Wildman–Crippen LogP) is 2.90. The van der Waals surface area contributed by atoms with Gasteiger partial charge in [0.2, 0.25) is 0 Å². The molecule has 1 heterocycles. The first-order valence-electron chi connectivity index (χ1n) is 7.01. The van der Waals surface area contributed by atoms with Crippen LogP contribution in [0, 0.1) is 5.41 Å². The Labute approximate surface area is 104 Å². The number of carboxylic acids is 1. The molecule has 0 bridgehead atoms. The third-order valence-electron chi connectivity index (χ3n) is 5.06. The van der Waals surface area contributed by atoms with Crippen LogP contribution in [0.1, 0.15) is 58.8 Å². The van der Waals surface area contributed by atoms with Gasteiger partial charge in [-0.1, -0.05) is 32.6 Å². The maximum absolute atomic E-state index is 11.4. The zero-order valence-electron chi connectivity index (χ0n) is 11.2. The summed E-state index contributed by atoms with van der Waals surface area (Å²) < 4.78 is 0. The number of rotatable bonds is 3. The van der Waals surface area contributed by atoms with Crippen LogP contribution in [0.15, 0.2) is 0 Å². The molecule has 0 aromatic carbocycles. The van der Waals surface area contributed by atoms with Crippen molar-refractivity contribution in [1.29, 1.82) is 0 Å². The van der Waals surface area contributed by atoms with Crippen LogP contribution in [-0.4, -0.2) is 34.6 Å². The molecule has 0 radical (unpaired) electrons. The minimum absolute atomic E-state index is 0.461. The summed E-state index contributed by atoms with van der Waals surface area (Å²) >= 11 is 0. The fourth-order valence-corrected chi connectivity index (χ4v) is 3.42. The Morgan fingerprint density at radius 3 is 2.18 bits per heavy atom. The second-order valence-corrected chi connectivity index (χ2v) is 6.20. The lowest BCUT2D eigenvalue weighted by Crippen LogP contribution is -2.66. The molecule has 0 aromatic rings. The zero-order valence-corrected chi connectivity index (χ0v) is 11.2. The molecule has 2 fully saturated rings. The van der Waals surface area contributed by atoms with Crippen molar-refractivity contribution in [3.63, 3.8) is 0 Å². The van der Waals surface area contributed by atoms with Crippen molar-refractivity contribution in [2.75, 3.05) is 13.1 Å². The SMILES string of the molecule is CCC(C)(C(=O)O)N1CC2(CCCCCC2)C1. The number of carbonyl (C=O) groups is 1. The van der Waals surface area contributed by atoms with E-state index in [9.17, 15) is 9.90 Å². The fourth-order valence-electron chi connectivity index (χ4n) is 3.42. The Hall–Kier alpha value is -0.570. The van der Waals surface area contributed by atoms with Crippen LogP contribution in [0.2, 0.25) is 0 Å². The fraction of sp³-hybridized carbons (Fsp3) is 0.929. The summed E-state index contributed by atoms with van der Waals surface area (Å²) in [5.41, 5.74) is -0.181. The maximum atomic E-state index is 11.4. The third-order valence-corrected chi connectivity index (χ3v) is 5.06. The Morgan fingerprint density at radius 1 is 1.24 bits per heavy atom. The van der Waals surface area contributed by atoms with Crippen molar-refractivity contribution >= 4 is 5.97 Å². The van der Waals surface area contributed by atoms with Crippen molar-refractivity contribution in [2.24, 2.45) is 5.41 Å². The average molecular weight is 239 g/mol. The van der Waals surface area contributed by atoms with Crippen LogP contribution in [0.25, 0.3) is 0 Å². The summed E-state index contributed by atoms with van der Waals surface area (Å²) in [6.45, 7) is 5.86. The molecule has 2 aliphatic rings. The standard InChI is InChI=1S/C14H25NO2/c1-3-13(2,12(16)17)15-10-14(11-15)8-6-4-5-7-9-14/h3-11H2,1-2H3,(H,16,17). The van der Waals surface area contributed by atoms with E-state index in [1.54, 1.807) is 0 Å². The zero-order chi connectivity index (χ0) is 12.5. The van der Waals surface area contributed by atoms with Gasteiger partial charge < -0.3 is 5.11 Å². The van der Waals surface area contributed by atoms with Gasteiger partial charge in [-0.15, -0.1) is 0 Å². The third kappa shape index (κ3) is 2.22. The molecule has 98 valence electrons. The van der Waals surface area contributed by atoms with Crippen LogP contribution in [0.5, 0.6) is 0 Å². The summed E-state index contributed by atoms with van der Waals surface area (Å²) in [4.78, 5) is 13.6. The minimum atomic E-state index is -0.663.